The lowest BCUT2D eigenvalue weighted by Crippen LogP contribution is -2.48. The van der Waals surface area contributed by atoms with E-state index in [0.29, 0.717) is 13.0 Å². The number of sulfonamides is 1. The van der Waals surface area contributed by atoms with Crippen LogP contribution in [0.3, 0.4) is 0 Å². The van der Waals surface area contributed by atoms with Crippen molar-refractivity contribution in [1.82, 2.24) is 10.0 Å². The molecule has 5 nitrogen and oxygen atoms in total. The number of nitrogens with one attached hydrogen (secondary N) is 2. The summed E-state index contributed by atoms with van der Waals surface area (Å²) in [6.45, 7) is 2.46. The molecule has 0 aliphatic rings. The third kappa shape index (κ3) is 5.18. The normalized spacial score (nSPS) is 12.5. The van der Waals surface area contributed by atoms with E-state index in [-0.39, 0.29) is 10.8 Å². The molecule has 0 saturated heterocycles. The predicted molar refractivity (Wildman–Crippen MR) is 94.0 cm³/mol. The van der Waals surface area contributed by atoms with Gasteiger partial charge in [-0.3, -0.25) is 4.79 Å². The largest absolute Gasteiger partial charge is 0.355 e. The SMILES string of the molecule is CCCNC(=O)[C@@H](Cc1ccccc1)NS(=O)(=O)c1ccccc1. The quantitative estimate of drug-likeness (QED) is 0.769. The number of hydrogen-bond donors (Lipinski definition) is 2. The molecule has 0 aromatic heterocycles. The summed E-state index contributed by atoms with van der Waals surface area (Å²) in [7, 11) is -3.76. The first-order valence-electron chi connectivity index (χ1n) is 7.92. The first-order chi connectivity index (χ1) is 11.5. The Kier molecular flexibility index (Phi) is 6.52. The number of amides is 1. The minimum absolute atomic E-state index is 0.145. The second-order valence-electron chi connectivity index (χ2n) is 5.47. The van der Waals surface area contributed by atoms with Gasteiger partial charge in [-0.05, 0) is 30.5 Å². The molecular formula is C18H22N2O3S. The van der Waals surface area contributed by atoms with Gasteiger partial charge in [0, 0.05) is 6.54 Å². The van der Waals surface area contributed by atoms with Gasteiger partial charge in [0.1, 0.15) is 6.04 Å². The van der Waals surface area contributed by atoms with E-state index in [1.807, 2.05) is 37.3 Å². The molecule has 128 valence electrons. The lowest BCUT2D eigenvalue weighted by Gasteiger charge is -2.18. The molecule has 2 aromatic rings. The molecule has 2 rings (SSSR count). The van der Waals surface area contributed by atoms with E-state index in [4.69, 9.17) is 0 Å². The van der Waals surface area contributed by atoms with E-state index < -0.39 is 16.1 Å². The molecule has 2 aromatic carbocycles. The first kappa shape index (κ1) is 18.2. The Morgan fingerprint density at radius 1 is 1.00 bits per heavy atom. The van der Waals surface area contributed by atoms with Crippen LogP contribution in [-0.4, -0.2) is 26.9 Å². The van der Waals surface area contributed by atoms with Gasteiger partial charge in [-0.1, -0.05) is 55.5 Å². The standard InChI is InChI=1S/C18H22N2O3S/c1-2-13-19-18(21)17(14-15-9-5-3-6-10-15)20-24(22,23)16-11-7-4-8-12-16/h3-12,17,20H,2,13-14H2,1H3,(H,19,21)/t17-/m1/s1. The van der Waals surface area contributed by atoms with Crippen LogP contribution in [0.25, 0.3) is 0 Å². The minimum atomic E-state index is -3.76. The fourth-order valence-electron chi connectivity index (χ4n) is 2.26. The molecule has 1 amide bonds. The van der Waals surface area contributed by atoms with Crippen molar-refractivity contribution in [3.05, 3.63) is 66.2 Å². The van der Waals surface area contributed by atoms with Gasteiger partial charge in [-0.15, -0.1) is 0 Å². The summed E-state index contributed by atoms with van der Waals surface area (Å²) in [5.41, 5.74) is 0.893. The molecule has 0 radical (unpaired) electrons. The number of carbonyl (C=O) groups is 1. The average Bonchev–Trinajstić information content (AvgIpc) is 2.60. The molecule has 0 bridgehead atoms. The number of benzene rings is 2. The molecule has 6 heteroatoms. The molecule has 1 atom stereocenters. The Balaban J connectivity index is 2.20. The lowest BCUT2D eigenvalue weighted by molar-refractivity contribution is -0.122. The maximum Gasteiger partial charge on any atom is 0.241 e. The highest BCUT2D eigenvalue weighted by molar-refractivity contribution is 7.89. The molecule has 0 aliphatic heterocycles. The van der Waals surface area contributed by atoms with Gasteiger partial charge in [-0.2, -0.15) is 4.72 Å². The third-order valence-corrected chi connectivity index (χ3v) is 4.99. The van der Waals surface area contributed by atoms with Crippen molar-refractivity contribution in [3.63, 3.8) is 0 Å². The predicted octanol–water partition coefficient (Wildman–Crippen LogP) is 2.10. The monoisotopic (exact) mass is 346 g/mol. The van der Waals surface area contributed by atoms with Crippen LogP contribution in [0.15, 0.2) is 65.6 Å². The summed E-state index contributed by atoms with van der Waals surface area (Å²) in [6, 6.07) is 16.5. The minimum Gasteiger partial charge on any atom is -0.355 e. The Labute approximate surface area is 143 Å². The zero-order chi connectivity index (χ0) is 17.4. The second-order valence-corrected chi connectivity index (χ2v) is 7.18. The van der Waals surface area contributed by atoms with Gasteiger partial charge in [0.2, 0.25) is 15.9 Å². The topological polar surface area (TPSA) is 75.3 Å². The van der Waals surface area contributed by atoms with Crippen molar-refractivity contribution in [1.29, 1.82) is 0 Å². The van der Waals surface area contributed by atoms with Gasteiger partial charge in [-0.25, -0.2) is 8.42 Å². The van der Waals surface area contributed by atoms with E-state index in [2.05, 4.69) is 10.0 Å². The molecule has 24 heavy (non-hydrogen) atoms. The van der Waals surface area contributed by atoms with Crippen molar-refractivity contribution >= 4 is 15.9 Å². The summed E-state index contributed by atoms with van der Waals surface area (Å²) >= 11 is 0. The maximum atomic E-state index is 12.5. The van der Waals surface area contributed by atoms with Crippen LogP contribution in [-0.2, 0) is 21.2 Å². The van der Waals surface area contributed by atoms with Gasteiger partial charge in [0.25, 0.3) is 0 Å². The van der Waals surface area contributed by atoms with Crippen LogP contribution >= 0.6 is 0 Å². The average molecular weight is 346 g/mol. The fourth-order valence-corrected chi connectivity index (χ4v) is 3.48. The van der Waals surface area contributed by atoms with E-state index >= 15 is 0 Å². The van der Waals surface area contributed by atoms with Crippen LogP contribution in [0.2, 0.25) is 0 Å². The second kappa shape index (κ2) is 8.61. The van der Waals surface area contributed by atoms with Crippen molar-refractivity contribution in [2.24, 2.45) is 0 Å². The molecule has 0 unspecified atom stereocenters. The van der Waals surface area contributed by atoms with Crippen LogP contribution in [0, 0.1) is 0 Å². The summed E-state index contributed by atoms with van der Waals surface area (Å²) in [5.74, 6) is -0.319. The van der Waals surface area contributed by atoms with Crippen molar-refractivity contribution in [2.45, 2.75) is 30.7 Å². The summed E-state index contributed by atoms with van der Waals surface area (Å²) in [6.07, 6.45) is 1.08. The molecule has 0 heterocycles. The number of carbonyl (C=O) groups excluding carboxylic acids is 1. The van der Waals surface area contributed by atoms with Crippen LogP contribution in [0.4, 0.5) is 0 Å². The highest BCUT2D eigenvalue weighted by Gasteiger charge is 2.25. The zero-order valence-electron chi connectivity index (χ0n) is 13.6. The van der Waals surface area contributed by atoms with Gasteiger partial charge < -0.3 is 5.32 Å². The highest BCUT2D eigenvalue weighted by atomic mass is 32.2. The molecule has 2 N–H and O–H groups in total. The molecule has 0 aliphatic carbocycles. The Hall–Kier alpha value is -2.18. The molecule has 0 spiro atoms. The van der Waals surface area contributed by atoms with Gasteiger partial charge >= 0.3 is 0 Å². The smallest absolute Gasteiger partial charge is 0.241 e. The molecule has 0 saturated carbocycles. The molecule has 0 fully saturated rings. The van der Waals surface area contributed by atoms with Crippen molar-refractivity contribution in [2.75, 3.05) is 6.54 Å². The van der Waals surface area contributed by atoms with Gasteiger partial charge in [0.05, 0.1) is 4.90 Å². The van der Waals surface area contributed by atoms with Gasteiger partial charge in [0.15, 0.2) is 0 Å². The zero-order valence-corrected chi connectivity index (χ0v) is 14.4. The van der Waals surface area contributed by atoms with E-state index in [9.17, 15) is 13.2 Å². The summed E-state index contributed by atoms with van der Waals surface area (Å²) < 4.78 is 27.6. The summed E-state index contributed by atoms with van der Waals surface area (Å²) in [5, 5.41) is 2.76. The summed E-state index contributed by atoms with van der Waals surface area (Å²) in [4.78, 5) is 12.5. The maximum absolute atomic E-state index is 12.5. The Bertz CT molecular complexity index is 746. The van der Waals surface area contributed by atoms with Crippen LogP contribution in [0.5, 0.6) is 0 Å². The Morgan fingerprint density at radius 3 is 2.17 bits per heavy atom. The first-order valence-corrected chi connectivity index (χ1v) is 9.40. The number of hydrogen-bond acceptors (Lipinski definition) is 3. The fraction of sp³-hybridized carbons (Fsp3) is 0.278. The van der Waals surface area contributed by atoms with E-state index in [1.54, 1.807) is 18.2 Å². The van der Waals surface area contributed by atoms with Crippen LogP contribution < -0.4 is 10.0 Å². The Morgan fingerprint density at radius 2 is 1.58 bits per heavy atom. The molecular weight excluding hydrogens is 324 g/mol. The van der Waals surface area contributed by atoms with E-state index in [1.165, 1.54) is 12.1 Å². The highest BCUT2D eigenvalue weighted by Crippen LogP contribution is 2.11. The van der Waals surface area contributed by atoms with E-state index in [0.717, 1.165) is 12.0 Å². The number of rotatable bonds is 8. The lowest BCUT2D eigenvalue weighted by atomic mass is 10.1. The third-order valence-electron chi connectivity index (χ3n) is 3.50. The van der Waals surface area contributed by atoms with Crippen molar-refractivity contribution in [3.8, 4) is 0 Å². The van der Waals surface area contributed by atoms with Crippen molar-refractivity contribution < 1.29 is 13.2 Å². The van der Waals surface area contributed by atoms with Crippen LogP contribution in [0.1, 0.15) is 18.9 Å².